The molecule has 0 radical (unpaired) electrons. The van der Waals surface area contributed by atoms with Crippen molar-refractivity contribution in [2.24, 2.45) is 0 Å². The maximum absolute atomic E-state index is 12.6. The van der Waals surface area contributed by atoms with Gasteiger partial charge in [-0.3, -0.25) is 4.79 Å². The monoisotopic (exact) mass is 260 g/mol. The summed E-state index contributed by atoms with van der Waals surface area (Å²) in [5.41, 5.74) is 1.97. The zero-order valence-electron chi connectivity index (χ0n) is 12.4. The number of nitrogens with one attached hydrogen (secondary N) is 1. The van der Waals surface area contributed by atoms with Crippen LogP contribution >= 0.6 is 0 Å². The van der Waals surface area contributed by atoms with E-state index in [1.54, 1.807) is 0 Å². The van der Waals surface area contributed by atoms with Crippen molar-refractivity contribution >= 4 is 5.91 Å². The highest BCUT2D eigenvalue weighted by atomic mass is 16.2. The maximum Gasteiger partial charge on any atom is 0.242 e. The van der Waals surface area contributed by atoms with Gasteiger partial charge in [-0.25, -0.2) is 0 Å². The number of amides is 1. The molecule has 0 bridgehead atoms. The molecular formula is C16H24N2O. The van der Waals surface area contributed by atoms with Gasteiger partial charge in [0.2, 0.25) is 5.91 Å². The summed E-state index contributed by atoms with van der Waals surface area (Å²) in [4.78, 5) is 14.6. The lowest BCUT2D eigenvalue weighted by Crippen LogP contribution is -2.53. The second-order valence-electron chi connectivity index (χ2n) is 6.02. The van der Waals surface area contributed by atoms with Gasteiger partial charge in [0.25, 0.3) is 0 Å². The van der Waals surface area contributed by atoms with Crippen LogP contribution in [-0.2, 0) is 11.3 Å². The Morgan fingerprint density at radius 1 is 1.32 bits per heavy atom. The largest absolute Gasteiger partial charge is 0.334 e. The van der Waals surface area contributed by atoms with E-state index in [4.69, 9.17) is 0 Å². The summed E-state index contributed by atoms with van der Waals surface area (Å²) in [6, 6.07) is 8.87. The Labute approximate surface area is 116 Å². The molecule has 0 aromatic heterocycles. The fourth-order valence-electron chi connectivity index (χ4n) is 2.11. The molecule has 1 N–H and O–H groups in total. The highest BCUT2D eigenvalue weighted by Crippen LogP contribution is 2.30. The minimum Gasteiger partial charge on any atom is -0.334 e. The predicted molar refractivity (Wildman–Crippen MR) is 77.9 cm³/mol. The highest BCUT2D eigenvalue weighted by Gasteiger charge is 2.38. The lowest BCUT2D eigenvalue weighted by atomic mass is 10.0. The summed E-state index contributed by atoms with van der Waals surface area (Å²) in [5.74, 6) is 0.193. The number of hydrogen-bond acceptors (Lipinski definition) is 2. The first-order chi connectivity index (χ1) is 8.94. The molecule has 1 aromatic carbocycles. The van der Waals surface area contributed by atoms with Crippen molar-refractivity contribution < 1.29 is 4.79 Å². The van der Waals surface area contributed by atoms with E-state index in [0.29, 0.717) is 6.04 Å². The second kappa shape index (κ2) is 5.33. The average molecular weight is 260 g/mol. The number of carbonyl (C=O) groups excluding carboxylic acids is 1. The Morgan fingerprint density at radius 3 is 2.37 bits per heavy atom. The normalized spacial score (nSPS) is 15.4. The smallest absolute Gasteiger partial charge is 0.242 e. The molecule has 2 rings (SSSR count). The van der Waals surface area contributed by atoms with Crippen molar-refractivity contribution in [3.63, 3.8) is 0 Å². The zero-order valence-corrected chi connectivity index (χ0v) is 12.4. The van der Waals surface area contributed by atoms with E-state index in [0.717, 1.165) is 19.4 Å². The van der Waals surface area contributed by atoms with Gasteiger partial charge >= 0.3 is 0 Å². The summed E-state index contributed by atoms with van der Waals surface area (Å²) < 4.78 is 0. The van der Waals surface area contributed by atoms with E-state index in [2.05, 4.69) is 36.5 Å². The van der Waals surface area contributed by atoms with Gasteiger partial charge in [-0.2, -0.15) is 0 Å². The zero-order chi connectivity index (χ0) is 14.0. The third-order valence-electron chi connectivity index (χ3n) is 3.88. The summed E-state index contributed by atoms with van der Waals surface area (Å²) in [5, 5.41) is 3.11. The first-order valence-corrected chi connectivity index (χ1v) is 6.99. The molecule has 3 heteroatoms. The van der Waals surface area contributed by atoms with Crippen LogP contribution in [0.3, 0.4) is 0 Å². The molecule has 0 heterocycles. The Bertz CT molecular complexity index is 446. The topological polar surface area (TPSA) is 32.3 Å². The Balaban J connectivity index is 2.13. The first-order valence-electron chi connectivity index (χ1n) is 6.99. The van der Waals surface area contributed by atoms with Crippen LogP contribution in [0.4, 0.5) is 0 Å². The molecule has 1 aromatic rings. The molecule has 0 spiro atoms. The van der Waals surface area contributed by atoms with Gasteiger partial charge in [-0.05, 0) is 46.2 Å². The van der Waals surface area contributed by atoms with Crippen molar-refractivity contribution in [2.45, 2.75) is 51.7 Å². The Morgan fingerprint density at radius 2 is 1.89 bits per heavy atom. The van der Waals surface area contributed by atoms with Gasteiger partial charge in [0.05, 0.1) is 5.54 Å². The van der Waals surface area contributed by atoms with Gasteiger partial charge in [0, 0.05) is 12.6 Å². The van der Waals surface area contributed by atoms with Gasteiger partial charge in [0.1, 0.15) is 0 Å². The van der Waals surface area contributed by atoms with Gasteiger partial charge < -0.3 is 10.2 Å². The van der Waals surface area contributed by atoms with E-state index in [9.17, 15) is 4.79 Å². The van der Waals surface area contributed by atoms with Crippen LogP contribution < -0.4 is 5.32 Å². The van der Waals surface area contributed by atoms with Crippen molar-refractivity contribution in [3.05, 3.63) is 35.4 Å². The average Bonchev–Trinajstić information content (AvgIpc) is 3.21. The van der Waals surface area contributed by atoms with Crippen LogP contribution in [0.5, 0.6) is 0 Å². The molecule has 0 aliphatic heterocycles. The van der Waals surface area contributed by atoms with E-state index in [1.807, 2.05) is 25.8 Å². The lowest BCUT2D eigenvalue weighted by molar-refractivity contribution is -0.138. The summed E-state index contributed by atoms with van der Waals surface area (Å²) in [6.45, 7) is 6.69. The minimum absolute atomic E-state index is 0.193. The molecule has 0 saturated heterocycles. The quantitative estimate of drug-likeness (QED) is 0.882. The molecule has 1 saturated carbocycles. The van der Waals surface area contributed by atoms with Gasteiger partial charge in [-0.15, -0.1) is 0 Å². The number of benzene rings is 1. The number of hydrogen-bond donors (Lipinski definition) is 1. The van der Waals surface area contributed by atoms with Crippen molar-refractivity contribution in [3.8, 4) is 0 Å². The fraction of sp³-hybridized carbons (Fsp3) is 0.562. The van der Waals surface area contributed by atoms with Crippen molar-refractivity contribution in [1.29, 1.82) is 0 Å². The molecule has 0 unspecified atom stereocenters. The number of likely N-dealkylation sites (N-methyl/N-ethyl adjacent to an activating group) is 1. The highest BCUT2D eigenvalue weighted by molar-refractivity contribution is 5.86. The number of carbonyl (C=O) groups is 1. The van der Waals surface area contributed by atoms with Crippen LogP contribution in [0.1, 0.15) is 37.8 Å². The van der Waals surface area contributed by atoms with Crippen molar-refractivity contribution in [2.75, 3.05) is 7.05 Å². The summed E-state index contributed by atoms with van der Waals surface area (Å²) >= 11 is 0. The SMILES string of the molecule is CNC(C)(C)C(=O)N(Cc1ccc(C)cc1)C1CC1. The number of nitrogens with zero attached hydrogens (tertiary/aromatic N) is 1. The third-order valence-corrected chi connectivity index (χ3v) is 3.88. The third kappa shape index (κ3) is 3.35. The van der Waals surface area contributed by atoms with Crippen LogP contribution in [-0.4, -0.2) is 29.4 Å². The summed E-state index contributed by atoms with van der Waals surface area (Å²) in [6.07, 6.45) is 2.27. The number of aryl methyl sites for hydroxylation is 1. The van der Waals surface area contributed by atoms with E-state index >= 15 is 0 Å². The molecule has 1 aliphatic carbocycles. The molecule has 3 nitrogen and oxygen atoms in total. The fourth-order valence-corrected chi connectivity index (χ4v) is 2.11. The Kier molecular flexibility index (Phi) is 3.95. The van der Waals surface area contributed by atoms with Crippen LogP contribution in [0, 0.1) is 6.92 Å². The maximum atomic E-state index is 12.6. The van der Waals surface area contributed by atoms with E-state index in [1.165, 1.54) is 11.1 Å². The molecule has 0 atom stereocenters. The molecule has 19 heavy (non-hydrogen) atoms. The van der Waals surface area contributed by atoms with Crippen molar-refractivity contribution in [1.82, 2.24) is 10.2 Å². The van der Waals surface area contributed by atoms with E-state index in [-0.39, 0.29) is 5.91 Å². The van der Waals surface area contributed by atoms with Crippen LogP contribution in [0.2, 0.25) is 0 Å². The Hall–Kier alpha value is -1.35. The first kappa shape index (κ1) is 14.1. The predicted octanol–water partition coefficient (Wildman–Crippen LogP) is 2.48. The molecule has 1 amide bonds. The number of rotatable bonds is 5. The van der Waals surface area contributed by atoms with Crippen LogP contribution in [0.25, 0.3) is 0 Å². The molecular weight excluding hydrogens is 236 g/mol. The molecule has 104 valence electrons. The lowest BCUT2D eigenvalue weighted by Gasteiger charge is -2.32. The summed E-state index contributed by atoms with van der Waals surface area (Å²) in [7, 11) is 1.84. The second-order valence-corrected chi connectivity index (χ2v) is 6.02. The van der Waals surface area contributed by atoms with Gasteiger partial charge in [0.15, 0.2) is 0 Å². The van der Waals surface area contributed by atoms with Gasteiger partial charge in [-0.1, -0.05) is 29.8 Å². The standard InChI is InChI=1S/C16H24N2O/c1-12-5-7-13(8-6-12)11-18(14-9-10-14)15(19)16(2,3)17-4/h5-8,14,17H,9-11H2,1-4H3. The minimum atomic E-state index is -0.493. The molecule has 1 aliphatic rings. The van der Waals surface area contributed by atoms with E-state index < -0.39 is 5.54 Å². The van der Waals surface area contributed by atoms with Crippen LogP contribution in [0.15, 0.2) is 24.3 Å². The molecule has 1 fully saturated rings.